The van der Waals surface area contributed by atoms with Crippen LogP contribution in [0.5, 0.6) is 0 Å². The summed E-state index contributed by atoms with van der Waals surface area (Å²) in [5, 5.41) is 7.31. The molecule has 8 heteroatoms. The summed E-state index contributed by atoms with van der Waals surface area (Å²) in [4.78, 5) is 17.1. The topological polar surface area (TPSA) is 54.0 Å². The predicted molar refractivity (Wildman–Crippen MR) is 119 cm³/mol. The van der Waals surface area contributed by atoms with Gasteiger partial charge >= 0.3 is 12.2 Å². The second-order valence-corrected chi connectivity index (χ2v) is 8.22. The minimum absolute atomic E-state index is 0.131. The molecule has 3 rings (SSSR count). The second kappa shape index (κ2) is 10.5. The number of carbonyl (C=O) groups is 1. The Morgan fingerprint density at radius 1 is 1.13 bits per heavy atom. The van der Waals surface area contributed by atoms with Gasteiger partial charge in [0, 0.05) is 34.6 Å². The Morgan fingerprint density at radius 3 is 2.74 bits per heavy atom. The molecule has 0 aliphatic rings. The molecule has 0 saturated heterocycles. The summed E-state index contributed by atoms with van der Waals surface area (Å²) in [7, 11) is 0. The highest BCUT2D eigenvalue weighted by Gasteiger charge is 2.31. The van der Waals surface area contributed by atoms with E-state index in [1.54, 1.807) is 18.5 Å². The first-order chi connectivity index (χ1) is 14.9. The van der Waals surface area contributed by atoms with Gasteiger partial charge in [-0.1, -0.05) is 38.0 Å². The number of rotatable bonds is 8. The number of hydrogen-bond acceptors (Lipinski definition) is 3. The van der Waals surface area contributed by atoms with Crippen molar-refractivity contribution in [3.05, 3.63) is 66.0 Å². The second-order valence-electron chi connectivity index (χ2n) is 7.09. The fourth-order valence-corrected chi connectivity index (χ4v) is 4.22. The van der Waals surface area contributed by atoms with Gasteiger partial charge in [0.1, 0.15) is 0 Å². The Kier molecular flexibility index (Phi) is 7.79. The first kappa shape index (κ1) is 22.9. The summed E-state index contributed by atoms with van der Waals surface area (Å²) in [5.74, 6) is 0.735. The Hall–Kier alpha value is -2.74. The third-order valence-electron chi connectivity index (χ3n) is 4.77. The van der Waals surface area contributed by atoms with Crippen LogP contribution in [0, 0.1) is 0 Å². The minimum Gasteiger partial charge on any atom is -0.334 e. The molecule has 164 valence electrons. The summed E-state index contributed by atoms with van der Waals surface area (Å²) < 4.78 is 39.4. The van der Waals surface area contributed by atoms with Crippen LogP contribution in [0.3, 0.4) is 0 Å². The number of aromatic nitrogens is 1. The first-order valence-electron chi connectivity index (χ1n) is 10.1. The van der Waals surface area contributed by atoms with Crippen LogP contribution in [-0.2, 0) is 12.7 Å². The summed E-state index contributed by atoms with van der Waals surface area (Å²) in [6.45, 7) is 2.21. The van der Waals surface area contributed by atoms with E-state index in [2.05, 4.69) is 22.5 Å². The van der Waals surface area contributed by atoms with E-state index in [0.717, 1.165) is 41.9 Å². The maximum Gasteiger partial charge on any atom is 0.416 e. The number of unbranched alkanes of at least 4 members (excludes halogenated alkanes) is 2. The lowest BCUT2D eigenvalue weighted by atomic mass is 10.1. The van der Waals surface area contributed by atoms with Gasteiger partial charge < -0.3 is 10.6 Å². The molecule has 0 aliphatic carbocycles. The molecule has 31 heavy (non-hydrogen) atoms. The molecule has 3 aromatic rings. The van der Waals surface area contributed by atoms with Gasteiger partial charge in [-0.25, -0.2) is 4.79 Å². The molecule has 1 heterocycles. The highest BCUT2D eigenvalue weighted by atomic mass is 32.2. The predicted octanol–water partition coefficient (Wildman–Crippen LogP) is 6.86. The first-order valence-corrected chi connectivity index (χ1v) is 11.1. The number of benzene rings is 2. The number of halogens is 3. The molecule has 2 N–H and O–H groups in total. The van der Waals surface area contributed by atoms with E-state index in [1.165, 1.54) is 23.9 Å². The Balaban J connectivity index is 1.69. The average molecular weight is 448 g/mol. The van der Waals surface area contributed by atoms with E-state index in [1.807, 2.05) is 18.2 Å². The molecule has 0 radical (unpaired) electrons. The lowest BCUT2D eigenvalue weighted by molar-refractivity contribution is -0.137. The molecular formula is C23H24F3N3OS. The molecule has 0 aliphatic heterocycles. The molecule has 1 aromatic heterocycles. The zero-order valence-electron chi connectivity index (χ0n) is 17.1. The quantitative estimate of drug-likeness (QED) is 0.293. The van der Waals surface area contributed by atoms with Gasteiger partial charge in [-0.3, -0.25) is 4.98 Å². The van der Waals surface area contributed by atoms with Crippen LogP contribution in [0.4, 0.5) is 23.7 Å². The van der Waals surface area contributed by atoms with Crippen molar-refractivity contribution in [1.29, 1.82) is 0 Å². The van der Waals surface area contributed by atoms with E-state index in [0.29, 0.717) is 16.1 Å². The number of nitrogens with zero attached hydrogens (tertiary/aromatic N) is 1. The lowest BCUT2D eigenvalue weighted by Gasteiger charge is -2.15. The number of hydrogen-bond donors (Lipinski definition) is 2. The molecule has 2 amide bonds. The number of pyridine rings is 1. The largest absolute Gasteiger partial charge is 0.416 e. The van der Waals surface area contributed by atoms with E-state index in [9.17, 15) is 18.0 Å². The van der Waals surface area contributed by atoms with Crippen LogP contribution in [0.25, 0.3) is 10.8 Å². The molecular weight excluding hydrogens is 423 g/mol. The summed E-state index contributed by atoms with van der Waals surface area (Å²) in [6, 6.07) is 10.6. The fraction of sp³-hybridized carbons (Fsp3) is 0.304. The molecule has 4 nitrogen and oxygen atoms in total. The van der Waals surface area contributed by atoms with Crippen molar-refractivity contribution in [1.82, 2.24) is 10.3 Å². The molecule has 0 unspecified atom stereocenters. The molecule has 0 fully saturated rings. The van der Waals surface area contributed by atoms with Crippen LogP contribution in [-0.4, -0.2) is 16.8 Å². The maximum atomic E-state index is 13.1. The number of urea groups is 1. The standard InChI is InChI=1S/C23H24F3N3OS/c1-2-3-4-12-31-21-13-18(23(24,25)26)9-8-17(21)15-28-22(30)29-20-7-5-6-16-14-27-11-10-19(16)20/h5-11,13-14H,2-4,12,15H2,1H3,(H2,28,29,30). The average Bonchev–Trinajstić information content (AvgIpc) is 2.75. The third kappa shape index (κ3) is 6.37. The monoisotopic (exact) mass is 447 g/mol. The zero-order valence-corrected chi connectivity index (χ0v) is 17.9. The van der Waals surface area contributed by atoms with Crippen molar-refractivity contribution in [3.8, 4) is 0 Å². The van der Waals surface area contributed by atoms with E-state index < -0.39 is 17.8 Å². The van der Waals surface area contributed by atoms with Gasteiger partial charge in [-0.2, -0.15) is 13.2 Å². The summed E-state index contributed by atoms with van der Waals surface area (Å²) >= 11 is 1.40. The van der Waals surface area contributed by atoms with Gasteiger partial charge in [0.05, 0.1) is 11.3 Å². The number of alkyl halides is 3. The van der Waals surface area contributed by atoms with Crippen molar-refractivity contribution >= 4 is 34.3 Å². The van der Waals surface area contributed by atoms with Gasteiger partial charge in [0.15, 0.2) is 0 Å². The Labute approximate surface area is 183 Å². The van der Waals surface area contributed by atoms with E-state index >= 15 is 0 Å². The van der Waals surface area contributed by atoms with Crippen molar-refractivity contribution in [2.24, 2.45) is 0 Å². The van der Waals surface area contributed by atoms with Crippen LogP contribution in [0.15, 0.2) is 59.8 Å². The highest BCUT2D eigenvalue weighted by Crippen LogP contribution is 2.34. The molecule has 2 aromatic carbocycles. The van der Waals surface area contributed by atoms with Gasteiger partial charge in [0.25, 0.3) is 0 Å². The van der Waals surface area contributed by atoms with Gasteiger partial charge in [0.2, 0.25) is 0 Å². The van der Waals surface area contributed by atoms with Crippen molar-refractivity contribution < 1.29 is 18.0 Å². The van der Waals surface area contributed by atoms with Crippen LogP contribution >= 0.6 is 11.8 Å². The van der Waals surface area contributed by atoms with E-state index in [4.69, 9.17) is 0 Å². The highest BCUT2D eigenvalue weighted by molar-refractivity contribution is 7.99. The fourth-order valence-electron chi connectivity index (χ4n) is 3.12. The smallest absolute Gasteiger partial charge is 0.334 e. The Morgan fingerprint density at radius 2 is 1.97 bits per heavy atom. The van der Waals surface area contributed by atoms with Crippen molar-refractivity contribution in [3.63, 3.8) is 0 Å². The summed E-state index contributed by atoms with van der Waals surface area (Å²) in [5.41, 5.74) is 0.619. The molecule has 0 bridgehead atoms. The lowest BCUT2D eigenvalue weighted by Crippen LogP contribution is -2.28. The normalized spacial score (nSPS) is 11.5. The molecule has 0 saturated carbocycles. The van der Waals surface area contributed by atoms with Crippen LogP contribution in [0.2, 0.25) is 0 Å². The van der Waals surface area contributed by atoms with Crippen molar-refractivity contribution in [2.45, 2.75) is 43.8 Å². The number of nitrogens with one attached hydrogen (secondary N) is 2. The number of carbonyl (C=O) groups excluding carboxylic acids is 1. The van der Waals surface area contributed by atoms with Crippen LogP contribution < -0.4 is 10.6 Å². The zero-order chi connectivity index (χ0) is 22.3. The third-order valence-corrected chi connectivity index (χ3v) is 5.95. The van der Waals surface area contributed by atoms with Gasteiger partial charge in [-0.15, -0.1) is 11.8 Å². The maximum absolute atomic E-state index is 13.1. The Bertz CT molecular complexity index is 1030. The number of amides is 2. The van der Waals surface area contributed by atoms with Gasteiger partial charge in [-0.05, 0) is 42.0 Å². The molecule has 0 spiro atoms. The number of fused-ring (bicyclic) bond motifs is 1. The van der Waals surface area contributed by atoms with Crippen molar-refractivity contribution in [2.75, 3.05) is 11.1 Å². The SMILES string of the molecule is CCCCCSc1cc(C(F)(F)F)ccc1CNC(=O)Nc1cccc2cnccc12. The van der Waals surface area contributed by atoms with E-state index in [-0.39, 0.29) is 6.54 Å². The number of anilines is 1. The summed E-state index contributed by atoms with van der Waals surface area (Å²) in [6.07, 6.45) is 1.97. The number of thioether (sulfide) groups is 1. The van der Waals surface area contributed by atoms with Crippen LogP contribution in [0.1, 0.15) is 37.3 Å². The minimum atomic E-state index is -4.40. The molecule has 0 atom stereocenters.